The maximum absolute atomic E-state index is 12.8. The maximum Gasteiger partial charge on any atom is 0.255 e. The number of piperidine rings is 1. The van der Waals surface area contributed by atoms with E-state index in [-0.39, 0.29) is 12.5 Å². The zero-order chi connectivity index (χ0) is 19.3. The van der Waals surface area contributed by atoms with Crippen molar-refractivity contribution in [2.75, 3.05) is 19.6 Å². The molecule has 1 saturated heterocycles. The van der Waals surface area contributed by atoms with Crippen LogP contribution in [0.2, 0.25) is 0 Å². The predicted octanol–water partition coefficient (Wildman–Crippen LogP) is 1.80. The van der Waals surface area contributed by atoms with Gasteiger partial charge in [-0.1, -0.05) is 30.3 Å². The molecule has 2 aromatic rings. The van der Waals surface area contributed by atoms with Gasteiger partial charge in [0.05, 0.1) is 5.69 Å². The zero-order valence-electron chi connectivity index (χ0n) is 16.3. The molecule has 6 heteroatoms. The molecule has 2 N–H and O–H groups in total. The van der Waals surface area contributed by atoms with Crippen LogP contribution in [0.1, 0.15) is 36.1 Å². The van der Waals surface area contributed by atoms with Gasteiger partial charge >= 0.3 is 0 Å². The Labute approximate surface area is 161 Å². The van der Waals surface area contributed by atoms with E-state index in [4.69, 9.17) is 0 Å². The lowest BCUT2D eigenvalue weighted by molar-refractivity contribution is -0.156. The fraction of sp³-hybridized carbons (Fsp3) is 0.524. The first-order valence-electron chi connectivity index (χ1n) is 9.73. The normalized spacial score (nSPS) is 20.3. The number of aliphatic hydroxyl groups is 1. The second-order valence-electron chi connectivity index (χ2n) is 7.53. The van der Waals surface area contributed by atoms with Crippen molar-refractivity contribution in [1.82, 2.24) is 20.0 Å². The number of carbonyl (C=O) groups excluding carboxylic acids is 1. The van der Waals surface area contributed by atoms with Gasteiger partial charge in [0, 0.05) is 45.0 Å². The van der Waals surface area contributed by atoms with Gasteiger partial charge in [0.15, 0.2) is 5.60 Å². The number of benzene rings is 1. The highest BCUT2D eigenvalue weighted by Crippen LogP contribution is 2.23. The van der Waals surface area contributed by atoms with Gasteiger partial charge in [-0.3, -0.25) is 9.48 Å². The summed E-state index contributed by atoms with van der Waals surface area (Å²) in [6, 6.07) is 10.3. The van der Waals surface area contributed by atoms with Gasteiger partial charge in [0.25, 0.3) is 5.91 Å². The summed E-state index contributed by atoms with van der Waals surface area (Å²) in [6.07, 6.45) is 5.17. The molecule has 27 heavy (non-hydrogen) atoms. The van der Waals surface area contributed by atoms with Crippen LogP contribution in [0.3, 0.4) is 0 Å². The molecule has 0 aliphatic carbocycles. The smallest absolute Gasteiger partial charge is 0.255 e. The molecule has 146 valence electrons. The van der Waals surface area contributed by atoms with Crippen LogP contribution in [-0.4, -0.2) is 50.9 Å². The number of rotatable bonds is 8. The molecule has 1 aliphatic heterocycles. The largest absolute Gasteiger partial charge is 0.379 e. The Kier molecular flexibility index (Phi) is 6.29. The molecule has 1 unspecified atom stereocenters. The van der Waals surface area contributed by atoms with E-state index in [1.54, 1.807) is 4.68 Å². The Bertz CT molecular complexity index is 759. The van der Waals surface area contributed by atoms with Crippen molar-refractivity contribution >= 4 is 5.91 Å². The Balaban J connectivity index is 1.49. The van der Waals surface area contributed by atoms with Crippen LogP contribution >= 0.6 is 0 Å². The van der Waals surface area contributed by atoms with Crippen molar-refractivity contribution in [3.05, 3.63) is 53.3 Å². The first-order valence-corrected chi connectivity index (χ1v) is 9.73. The van der Waals surface area contributed by atoms with Crippen molar-refractivity contribution < 1.29 is 9.90 Å². The molecule has 1 aromatic heterocycles. The standard InChI is InChI=1S/C21H30N4O2/c1-17-19(15-24(2)23-17)14-22-16-21(27)11-7-13-25(20(21)26)12-6-10-18-8-4-3-5-9-18/h3-5,8-9,15,22,27H,6-7,10-14,16H2,1-2H3. The molecular formula is C21H30N4O2. The fourth-order valence-corrected chi connectivity index (χ4v) is 3.79. The van der Waals surface area contributed by atoms with Gasteiger partial charge in [-0.2, -0.15) is 5.10 Å². The van der Waals surface area contributed by atoms with E-state index >= 15 is 0 Å². The molecule has 1 aromatic carbocycles. The minimum Gasteiger partial charge on any atom is -0.379 e. The van der Waals surface area contributed by atoms with Gasteiger partial charge in [0.2, 0.25) is 0 Å². The molecule has 0 saturated carbocycles. The lowest BCUT2D eigenvalue weighted by Crippen LogP contribution is -2.58. The molecule has 2 heterocycles. The van der Waals surface area contributed by atoms with Crippen molar-refractivity contribution in [1.29, 1.82) is 0 Å². The molecule has 1 aliphatic rings. The molecule has 3 rings (SSSR count). The summed E-state index contributed by atoms with van der Waals surface area (Å²) in [7, 11) is 1.89. The SMILES string of the molecule is Cc1nn(C)cc1CNCC1(O)CCCN(CCCc2ccccc2)C1=O. The quantitative estimate of drug-likeness (QED) is 0.743. The molecule has 6 nitrogen and oxygen atoms in total. The lowest BCUT2D eigenvalue weighted by Gasteiger charge is -2.38. The second-order valence-corrected chi connectivity index (χ2v) is 7.53. The van der Waals surface area contributed by atoms with E-state index in [2.05, 4.69) is 22.5 Å². The molecular weight excluding hydrogens is 340 g/mol. The summed E-state index contributed by atoms with van der Waals surface area (Å²) < 4.78 is 1.78. The Morgan fingerprint density at radius 1 is 1.30 bits per heavy atom. The van der Waals surface area contributed by atoms with Crippen LogP contribution in [0.25, 0.3) is 0 Å². The number of aromatic nitrogens is 2. The van der Waals surface area contributed by atoms with E-state index in [1.165, 1.54) is 5.56 Å². The van der Waals surface area contributed by atoms with Gasteiger partial charge in [0.1, 0.15) is 0 Å². The molecule has 0 bridgehead atoms. The average Bonchev–Trinajstić information content (AvgIpc) is 2.97. The van der Waals surface area contributed by atoms with E-state index in [0.717, 1.165) is 37.1 Å². The molecule has 1 atom stereocenters. The summed E-state index contributed by atoms with van der Waals surface area (Å²) >= 11 is 0. The number of nitrogens with one attached hydrogen (secondary N) is 1. The summed E-state index contributed by atoms with van der Waals surface area (Å²) in [5, 5.41) is 18.5. The molecule has 0 spiro atoms. The van der Waals surface area contributed by atoms with Gasteiger partial charge in [-0.15, -0.1) is 0 Å². The van der Waals surface area contributed by atoms with E-state index in [1.807, 2.05) is 43.3 Å². The number of hydrogen-bond donors (Lipinski definition) is 2. The lowest BCUT2D eigenvalue weighted by atomic mass is 9.91. The molecule has 1 fully saturated rings. The van der Waals surface area contributed by atoms with Crippen molar-refractivity contribution in [3.63, 3.8) is 0 Å². The first-order chi connectivity index (χ1) is 13.0. The number of nitrogens with zero attached hydrogens (tertiary/aromatic N) is 3. The molecule has 0 radical (unpaired) electrons. The third-order valence-electron chi connectivity index (χ3n) is 5.29. The highest BCUT2D eigenvalue weighted by molar-refractivity contribution is 5.86. The Hall–Kier alpha value is -2.18. The van der Waals surface area contributed by atoms with Gasteiger partial charge in [-0.05, 0) is 38.2 Å². The summed E-state index contributed by atoms with van der Waals surface area (Å²) in [6.45, 7) is 4.26. The highest BCUT2D eigenvalue weighted by Gasteiger charge is 2.41. The summed E-state index contributed by atoms with van der Waals surface area (Å²) in [5.41, 5.74) is 2.03. The van der Waals surface area contributed by atoms with Crippen LogP contribution in [0, 0.1) is 6.92 Å². The maximum atomic E-state index is 12.8. The van der Waals surface area contributed by atoms with Crippen LogP contribution in [-0.2, 0) is 24.8 Å². The van der Waals surface area contributed by atoms with Crippen LogP contribution in [0.4, 0.5) is 0 Å². The number of amides is 1. The number of aryl methyl sites for hydroxylation is 3. The fourth-order valence-electron chi connectivity index (χ4n) is 3.79. The van der Waals surface area contributed by atoms with E-state index in [0.29, 0.717) is 19.5 Å². The second kappa shape index (κ2) is 8.67. The van der Waals surface area contributed by atoms with Gasteiger partial charge in [-0.25, -0.2) is 0 Å². The number of carbonyl (C=O) groups is 1. The van der Waals surface area contributed by atoms with Crippen LogP contribution in [0.15, 0.2) is 36.5 Å². The topological polar surface area (TPSA) is 70.4 Å². The monoisotopic (exact) mass is 370 g/mol. The number of likely N-dealkylation sites (tertiary alicyclic amines) is 1. The highest BCUT2D eigenvalue weighted by atomic mass is 16.3. The van der Waals surface area contributed by atoms with Crippen molar-refractivity contribution in [3.8, 4) is 0 Å². The first kappa shape index (κ1) is 19.6. The zero-order valence-corrected chi connectivity index (χ0v) is 16.3. The molecule has 1 amide bonds. The van der Waals surface area contributed by atoms with E-state index in [9.17, 15) is 9.90 Å². The Morgan fingerprint density at radius 2 is 2.07 bits per heavy atom. The summed E-state index contributed by atoms with van der Waals surface area (Å²) in [4.78, 5) is 14.6. The average molecular weight is 370 g/mol. The third kappa shape index (κ3) is 4.96. The van der Waals surface area contributed by atoms with Crippen molar-refractivity contribution in [2.45, 2.75) is 44.8 Å². The van der Waals surface area contributed by atoms with Gasteiger partial charge < -0.3 is 15.3 Å². The van der Waals surface area contributed by atoms with Crippen LogP contribution < -0.4 is 5.32 Å². The van der Waals surface area contributed by atoms with Crippen molar-refractivity contribution in [2.24, 2.45) is 7.05 Å². The summed E-state index contributed by atoms with van der Waals surface area (Å²) in [5.74, 6) is -0.141. The Morgan fingerprint density at radius 3 is 2.78 bits per heavy atom. The third-order valence-corrected chi connectivity index (χ3v) is 5.29. The predicted molar refractivity (Wildman–Crippen MR) is 105 cm³/mol. The number of hydrogen-bond acceptors (Lipinski definition) is 4. The van der Waals surface area contributed by atoms with E-state index < -0.39 is 5.60 Å². The minimum atomic E-state index is -1.30. The van der Waals surface area contributed by atoms with Crippen LogP contribution in [0.5, 0.6) is 0 Å². The minimum absolute atomic E-state index is 0.141.